The number of benzene rings is 1. The first-order chi connectivity index (χ1) is 7.22. The van der Waals surface area contributed by atoms with E-state index in [2.05, 4.69) is 13.8 Å². The molecule has 84 valence electrons. The summed E-state index contributed by atoms with van der Waals surface area (Å²) in [6, 6.07) is 6.29. The summed E-state index contributed by atoms with van der Waals surface area (Å²) in [4.78, 5) is 0. The van der Waals surface area contributed by atoms with Gasteiger partial charge in [0.1, 0.15) is 11.6 Å². The van der Waals surface area contributed by atoms with Crippen molar-refractivity contribution in [2.45, 2.75) is 33.1 Å². The van der Waals surface area contributed by atoms with E-state index in [0.29, 0.717) is 12.4 Å². The number of hydrogen-bond acceptors (Lipinski definition) is 1. The molecule has 1 aromatic carbocycles. The van der Waals surface area contributed by atoms with Crippen LogP contribution in [-0.4, -0.2) is 6.61 Å². The molecule has 0 spiro atoms. The number of halogens is 1. The molecule has 0 N–H and O–H groups in total. The van der Waals surface area contributed by atoms with Gasteiger partial charge in [0.25, 0.3) is 0 Å². The van der Waals surface area contributed by atoms with Crippen molar-refractivity contribution in [2.24, 2.45) is 5.92 Å². The van der Waals surface area contributed by atoms with E-state index in [1.165, 1.54) is 25.0 Å². The lowest BCUT2D eigenvalue weighted by Gasteiger charge is -2.09. The summed E-state index contributed by atoms with van der Waals surface area (Å²) in [6.07, 6.45) is 3.41. The Labute approximate surface area is 91.3 Å². The lowest BCUT2D eigenvalue weighted by atomic mass is 10.0. The summed E-state index contributed by atoms with van der Waals surface area (Å²) in [5.74, 6) is 1.13. The molecule has 0 aliphatic heterocycles. The third-order valence-electron chi connectivity index (χ3n) is 2.60. The van der Waals surface area contributed by atoms with E-state index < -0.39 is 0 Å². The minimum atomic E-state index is -0.241. The molecule has 0 unspecified atom stereocenters. The molecular weight excluding hydrogens is 191 g/mol. The first kappa shape index (κ1) is 12.0. The van der Waals surface area contributed by atoms with Crippen LogP contribution < -0.4 is 4.74 Å². The summed E-state index contributed by atoms with van der Waals surface area (Å²) >= 11 is 0. The third-order valence-corrected chi connectivity index (χ3v) is 2.60. The van der Waals surface area contributed by atoms with Crippen LogP contribution >= 0.6 is 0 Å². The van der Waals surface area contributed by atoms with Crippen LogP contribution in [0.5, 0.6) is 5.75 Å². The molecule has 0 heterocycles. The predicted molar refractivity (Wildman–Crippen MR) is 60.6 cm³/mol. The molecule has 0 aliphatic rings. The van der Waals surface area contributed by atoms with Crippen molar-refractivity contribution in [1.29, 1.82) is 0 Å². The maximum absolute atomic E-state index is 12.8. The van der Waals surface area contributed by atoms with Crippen LogP contribution in [0.2, 0.25) is 0 Å². The molecule has 0 saturated carbocycles. The molecule has 1 nitrogen and oxygen atoms in total. The zero-order chi connectivity index (χ0) is 11.1. The average molecular weight is 210 g/mol. The first-order valence-electron chi connectivity index (χ1n) is 5.60. The fourth-order valence-electron chi connectivity index (χ4n) is 1.38. The van der Waals surface area contributed by atoms with E-state index in [1.54, 1.807) is 12.1 Å². The molecule has 15 heavy (non-hydrogen) atoms. The molecular formula is C13H19FO. The highest BCUT2D eigenvalue weighted by Crippen LogP contribution is 2.14. The second-order valence-corrected chi connectivity index (χ2v) is 3.96. The molecule has 1 rings (SSSR count). The largest absolute Gasteiger partial charge is 0.493 e. The van der Waals surface area contributed by atoms with Crippen molar-refractivity contribution in [3.8, 4) is 5.75 Å². The van der Waals surface area contributed by atoms with Crippen LogP contribution in [0.3, 0.4) is 0 Å². The third kappa shape index (κ3) is 4.82. The van der Waals surface area contributed by atoms with Gasteiger partial charge in [0.05, 0.1) is 6.61 Å². The van der Waals surface area contributed by atoms with Gasteiger partial charge in [0.2, 0.25) is 0 Å². The molecule has 0 saturated heterocycles. The second-order valence-electron chi connectivity index (χ2n) is 3.96. The average Bonchev–Trinajstić information content (AvgIpc) is 2.24. The Morgan fingerprint density at radius 1 is 1.40 bits per heavy atom. The summed E-state index contributed by atoms with van der Waals surface area (Å²) in [7, 11) is 0. The maximum atomic E-state index is 12.8. The molecule has 0 fully saturated rings. The van der Waals surface area contributed by atoms with E-state index >= 15 is 0 Å². The van der Waals surface area contributed by atoms with Crippen LogP contribution in [0, 0.1) is 11.7 Å². The Morgan fingerprint density at radius 3 is 2.87 bits per heavy atom. The van der Waals surface area contributed by atoms with Crippen molar-refractivity contribution in [3.05, 3.63) is 30.1 Å². The van der Waals surface area contributed by atoms with Gasteiger partial charge < -0.3 is 4.74 Å². The first-order valence-corrected chi connectivity index (χ1v) is 5.60. The molecule has 2 heteroatoms. The zero-order valence-corrected chi connectivity index (χ0v) is 9.50. The second kappa shape index (κ2) is 6.44. The van der Waals surface area contributed by atoms with Gasteiger partial charge in [0, 0.05) is 6.07 Å². The van der Waals surface area contributed by atoms with E-state index in [1.807, 2.05) is 0 Å². The topological polar surface area (TPSA) is 9.23 Å². The molecule has 0 aromatic heterocycles. The highest BCUT2D eigenvalue weighted by atomic mass is 19.1. The zero-order valence-electron chi connectivity index (χ0n) is 9.50. The lowest BCUT2D eigenvalue weighted by molar-refractivity contribution is 0.292. The Morgan fingerprint density at radius 2 is 2.20 bits per heavy atom. The lowest BCUT2D eigenvalue weighted by Crippen LogP contribution is -2.00. The van der Waals surface area contributed by atoms with E-state index in [-0.39, 0.29) is 5.82 Å². The van der Waals surface area contributed by atoms with E-state index in [9.17, 15) is 4.39 Å². The minimum absolute atomic E-state index is 0.241. The van der Waals surface area contributed by atoms with Crippen LogP contribution in [-0.2, 0) is 0 Å². The van der Waals surface area contributed by atoms with E-state index in [0.717, 1.165) is 12.3 Å². The standard InChI is InChI=1S/C13H19FO/c1-3-11(2)6-5-9-15-13-8-4-7-12(14)10-13/h4,7-8,10-11H,3,5-6,9H2,1-2H3/t11-/m0/s1. The normalized spacial score (nSPS) is 12.5. The summed E-state index contributed by atoms with van der Waals surface area (Å²) < 4.78 is 18.2. The summed E-state index contributed by atoms with van der Waals surface area (Å²) in [5, 5.41) is 0. The van der Waals surface area contributed by atoms with Crippen molar-refractivity contribution in [2.75, 3.05) is 6.61 Å². The minimum Gasteiger partial charge on any atom is -0.493 e. The molecule has 0 amide bonds. The van der Waals surface area contributed by atoms with Gasteiger partial charge in [-0.05, 0) is 30.9 Å². The molecule has 1 aromatic rings. The van der Waals surface area contributed by atoms with Crippen molar-refractivity contribution < 1.29 is 9.13 Å². The fraction of sp³-hybridized carbons (Fsp3) is 0.538. The van der Waals surface area contributed by atoms with Crippen LogP contribution in [0.4, 0.5) is 4.39 Å². The maximum Gasteiger partial charge on any atom is 0.126 e. The molecule has 1 atom stereocenters. The van der Waals surface area contributed by atoms with Crippen LogP contribution in [0.15, 0.2) is 24.3 Å². The van der Waals surface area contributed by atoms with Gasteiger partial charge in [-0.2, -0.15) is 0 Å². The quantitative estimate of drug-likeness (QED) is 0.644. The molecule has 0 radical (unpaired) electrons. The summed E-state index contributed by atoms with van der Waals surface area (Å²) in [6.45, 7) is 5.11. The van der Waals surface area contributed by atoms with Crippen molar-refractivity contribution >= 4 is 0 Å². The van der Waals surface area contributed by atoms with Crippen molar-refractivity contribution in [3.63, 3.8) is 0 Å². The van der Waals surface area contributed by atoms with E-state index in [4.69, 9.17) is 4.74 Å². The highest BCUT2D eigenvalue weighted by Gasteiger charge is 1.99. The smallest absolute Gasteiger partial charge is 0.126 e. The van der Waals surface area contributed by atoms with Gasteiger partial charge in [-0.15, -0.1) is 0 Å². The van der Waals surface area contributed by atoms with Gasteiger partial charge in [-0.25, -0.2) is 4.39 Å². The molecule has 0 aliphatic carbocycles. The predicted octanol–water partition coefficient (Wildman–Crippen LogP) is 4.03. The number of hydrogen-bond donors (Lipinski definition) is 0. The Hall–Kier alpha value is -1.05. The van der Waals surface area contributed by atoms with Gasteiger partial charge in [0.15, 0.2) is 0 Å². The highest BCUT2D eigenvalue weighted by molar-refractivity contribution is 5.22. The Bertz CT molecular complexity index is 286. The van der Waals surface area contributed by atoms with Crippen molar-refractivity contribution in [1.82, 2.24) is 0 Å². The van der Waals surface area contributed by atoms with Crippen LogP contribution in [0.1, 0.15) is 33.1 Å². The van der Waals surface area contributed by atoms with Gasteiger partial charge in [-0.1, -0.05) is 26.3 Å². The Kier molecular flexibility index (Phi) is 5.16. The SMILES string of the molecule is CC[C@H](C)CCCOc1cccc(F)c1. The Balaban J connectivity index is 2.20. The monoisotopic (exact) mass is 210 g/mol. The number of ether oxygens (including phenoxy) is 1. The van der Waals surface area contributed by atoms with Crippen LogP contribution in [0.25, 0.3) is 0 Å². The molecule has 0 bridgehead atoms. The number of rotatable bonds is 6. The van der Waals surface area contributed by atoms with Gasteiger partial charge in [-0.3, -0.25) is 0 Å². The van der Waals surface area contributed by atoms with Gasteiger partial charge >= 0.3 is 0 Å². The summed E-state index contributed by atoms with van der Waals surface area (Å²) in [5.41, 5.74) is 0. The fourth-order valence-corrected chi connectivity index (χ4v) is 1.38.